The fourth-order valence-electron chi connectivity index (χ4n) is 0.994. The van der Waals surface area contributed by atoms with Gasteiger partial charge in [0.25, 0.3) is 0 Å². The normalized spacial score (nSPS) is 10.7. The molecule has 0 fully saturated rings. The first-order chi connectivity index (χ1) is 6.86. The Bertz CT molecular complexity index is 253. The van der Waals surface area contributed by atoms with Crippen molar-refractivity contribution in [2.24, 2.45) is 0 Å². The molecule has 5 heteroatoms. The van der Waals surface area contributed by atoms with Gasteiger partial charge in [-0.3, -0.25) is 0 Å². The molecule has 0 bridgehead atoms. The van der Waals surface area contributed by atoms with Crippen LogP contribution in [-0.4, -0.2) is 27.6 Å². The van der Waals surface area contributed by atoms with Crippen LogP contribution in [0.3, 0.4) is 0 Å². The van der Waals surface area contributed by atoms with Crippen molar-refractivity contribution in [1.29, 1.82) is 0 Å². The highest BCUT2D eigenvalue weighted by Crippen LogP contribution is 2.10. The topological polar surface area (TPSA) is 59.2 Å². The average molecular weight is 216 g/mol. The Balaban J connectivity index is 2.22. The van der Waals surface area contributed by atoms with Gasteiger partial charge in [0.15, 0.2) is 5.82 Å². The van der Waals surface area contributed by atoms with Gasteiger partial charge in [-0.1, -0.05) is 12.1 Å². The second kappa shape index (κ2) is 6.84. The molecule has 0 radical (unpaired) electrons. The van der Waals surface area contributed by atoms with Crippen LogP contribution >= 0.6 is 11.8 Å². The first kappa shape index (κ1) is 11.5. The molecule has 4 nitrogen and oxygen atoms in total. The fourth-order valence-corrected chi connectivity index (χ4v) is 1.77. The van der Waals surface area contributed by atoms with Crippen molar-refractivity contribution in [1.82, 2.24) is 10.1 Å². The summed E-state index contributed by atoms with van der Waals surface area (Å²) in [6, 6.07) is 0. The van der Waals surface area contributed by atoms with Gasteiger partial charge >= 0.3 is 0 Å². The standard InChI is InChI=1S/C9H16N2O2S/c1-2-4-9-10-8(11-13-9)7-14-6-3-5-12/h12H,2-7H2,1H3. The van der Waals surface area contributed by atoms with Gasteiger partial charge in [-0.25, -0.2) is 0 Å². The van der Waals surface area contributed by atoms with E-state index < -0.39 is 0 Å². The molecule has 0 saturated carbocycles. The van der Waals surface area contributed by atoms with Crippen LogP contribution in [0.15, 0.2) is 4.52 Å². The second-order valence-electron chi connectivity index (χ2n) is 2.98. The van der Waals surface area contributed by atoms with Crippen LogP contribution in [-0.2, 0) is 12.2 Å². The highest BCUT2D eigenvalue weighted by molar-refractivity contribution is 7.98. The summed E-state index contributed by atoms with van der Waals surface area (Å²) in [5, 5.41) is 12.4. The molecule has 0 aliphatic rings. The Kier molecular flexibility index (Phi) is 5.63. The molecule has 0 amide bonds. The summed E-state index contributed by atoms with van der Waals surface area (Å²) in [5.41, 5.74) is 0. The maximum absolute atomic E-state index is 8.57. The third-order valence-electron chi connectivity index (χ3n) is 1.65. The molecule has 1 aromatic rings. The van der Waals surface area contributed by atoms with Gasteiger partial charge in [-0.05, 0) is 18.6 Å². The number of rotatable bonds is 7. The molecule has 0 saturated heterocycles. The number of hydrogen-bond donors (Lipinski definition) is 1. The molecule has 80 valence electrons. The monoisotopic (exact) mass is 216 g/mol. The Labute approximate surface area is 88.1 Å². The van der Waals surface area contributed by atoms with E-state index in [4.69, 9.17) is 9.63 Å². The van der Waals surface area contributed by atoms with Crippen LogP contribution in [0.4, 0.5) is 0 Å². The number of aliphatic hydroxyl groups is 1. The first-order valence-electron chi connectivity index (χ1n) is 4.87. The highest BCUT2D eigenvalue weighted by Gasteiger charge is 2.04. The minimum absolute atomic E-state index is 0.250. The van der Waals surface area contributed by atoms with Crippen LogP contribution in [0.1, 0.15) is 31.5 Å². The number of nitrogens with zero attached hydrogens (tertiary/aromatic N) is 2. The Morgan fingerprint density at radius 3 is 3.07 bits per heavy atom. The van der Waals surface area contributed by atoms with Crippen molar-refractivity contribution in [3.63, 3.8) is 0 Å². The van der Waals surface area contributed by atoms with Crippen molar-refractivity contribution >= 4 is 11.8 Å². The van der Waals surface area contributed by atoms with E-state index in [1.54, 1.807) is 11.8 Å². The molecule has 0 spiro atoms. The third kappa shape index (κ3) is 4.11. The predicted molar refractivity (Wildman–Crippen MR) is 56.2 cm³/mol. The lowest BCUT2D eigenvalue weighted by Crippen LogP contribution is -1.89. The lowest BCUT2D eigenvalue weighted by molar-refractivity contribution is 0.296. The zero-order valence-corrected chi connectivity index (χ0v) is 9.22. The quantitative estimate of drug-likeness (QED) is 0.702. The summed E-state index contributed by atoms with van der Waals surface area (Å²) in [7, 11) is 0. The van der Waals surface area contributed by atoms with Gasteiger partial charge in [-0.15, -0.1) is 0 Å². The molecular formula is C9H16N2O2S. The van der Waals surface area contributed by atoms with E-state index in [2.05, 4.69) is 17.1 Å². The molecule has 1 aromatic heterocycles. The molecule has 0 aromatic carbocycles. The van der Waals surface area contributed by atoms with E-state index >= 15 is 0 Å². The third-order valence-corrected chi connectivity index (χ3v) is 2.69. The van der Waals surface area contributed by atoms with Crippen molar-refractivity contribution in [3.8, 4) is 0 Å². The van der Waals surface area contributed by atoms with Gasteiger partial charge in [0.2, 0.25) is 5.89 Å². The molecule has 0 unspecified atom stereocenters. The Hall–Kier alpha value is -0.550. The van der Waals surface area contributed by atoms with E-state index in [0.717, 1.165) is 42.5 Å². The zero-order valence-electron chi connectivity index (χ0n) is 8.40. The smallest absolute Gasteiger partial charge is 0.226 e. The molecule has 1 N–H and O–H groups in total. The van der Waals surface area contributed by atoms with Gasteiger partial charge in [0.05, 0.1) is 5.75 Å². The Morgan fingerprint density at radius 1 is 1.50 bits per heavy atom. The lowest BCUT2D eigenvalue weighted by Gasteiger charge is -1.94. The summed E-state index contributed by atoms with van der Waals surface area (Å²) in [5.74, 6) is 3.20. The van der Waals surface area contributed by atoms with Crippen molar-refractivity contribution in [3.05, 3.63) is 11.7 Å². The molecular weight excluding hydrogens is 200 g/mol. The largest absolute Gasteiger partial charge is 0.396 e. The first-order valence-corrected chi connectivity index (χ1v) is 6.02. The van der Waals surface area contributed by atoms with E-state index in [1.807, 2.05) is 0 Å². The number of aromatic nitrogens is 2. The van der Waals surface area contributed by atoms with Gasteiger partial charge < -0.3 is 9.63 Å². The number of hydrogen-bond acceptors (Lipinski definition) is 5. The van der Waals surface area contributed by atoms with E-state index in [9.17, 15) is 0 Å². The van der Waals surface area contributed by atoms with E-state index in [0.29, 0.717) is 0 Å². The molecule has 0 atom stereocenters. The summed E-state index contributed by atoms with van der Waals surface area (Å²) < 4.78 is 5.04. The minimum atomic E-state index is 0.250. The SMILES string of the molecule is CCCc1nc(CSCCCO)no1. The van der Waals surface area contributed by atoms with Crippen LogP contribution in [0.2, 0.25) is 0 Å². The molecule has 1 heterocycles. The van der Waals surface area contributed by atoms with Crippen LogP contribution in [0, 0.1) is 0 Å². The Morgan fingerprint density at radius 2 is 2.36 bits per heavy atom. The maximum Gasteiger partial charge on any atom is 0.226 e. The van der Waals surface area contributed by atoms with Crippen molar-refractivity contribution in [2.45, 2.75) is 31.9 Å². The summed E-state index contributed by atoms with van der Waals surface area (Å²) in [6.07, 6.45) is 2.71. The molecule has 1 rings (SSSR count). The van der Waals surface area contributed by atoms with Crippen molar-refractivity contribution < 1.29 is 9.63 Å². The average Bonchev–Trinajstić information content (AvgIpc) is 2.61. The number of aliphatic hydroxyl groups excluding tert-OH is 1. The van der Waals surface area contributed by atoms with E-state index in [1.165, 1.54) is 0 Å². The zero-order chi connectivity index (χ0) is 10.2. The second-order valence-corrected chi connectivity index (χ2v) is 4.09. The van der Waals surface area contributed by atoms with Crippen LogP contribution in [0.25, 0.3) is 0 Å². The fraction of sp³-hybridized carbons (Fsp3) is 0.778. The van der Waals surface area contributed by atoms with Crippen LogP contribution < -0.4 is 0 Å². The van der Waals surface area contributed by atoms with Gasteiger partial charge in [-0.2, -0.15) is 16.7 Å². The molecule has 0 aliphatic carbocycles. The predicted octanol–water partition coefficient (Wildman–Crippen LogP) is 1.64. The van der Waals surface area contributed by atoms with Gasteiger partial charge in [0.1, 0.15) is 0 Å². The van der Waals surface area contributed by atoms with E-state index in [-0.39, 0.29) is 6.61 Å². The number of thioether (sulfide) groups is 1. The maximum atomic E-state index is 8.57. The van der Waals surface area contributed by atoms with Crippen molar-refractivity contribution in [2.75, 3.05) is 12.4 Å². The summed E-state index contributed by atoms with van der Waals surface area (Å²) in [6.45, 7) is 2.33. The van der Waals surface area contributed by atoms with Gasteiger partial charge in [0, 0.05) is 13.0 Å². The summed E-state index contributed by atoms with van der Waals surface area (Å²) in [4.78, 5) is 4.24. The molecule has 0 aliphatic heterocycles. The highest BCUT2D eigenvalue weighted by atomic mass is 32.2. The summed E-state index contributed by atoms with van der Waals surface area (Å²) >= 11 is 1.72. The molecule has 14 heavy (non-hydrogen) atoms. The number of aryl methyl sites for hydroxylation is 1. The van der Waals surface area contributed by atoms with Crippen LogP contribution in [0.5, 0.6) is 0 Å². The minimum Gasteiger partial charge on any atom is -0.396 e. The lowest BCUT2D eigenvalue weighted by atomic mass is 10.3.